The molecule has 0 unspecified atom stereocenters. The highest BCUT2D eigenvalue weighted by Gasteiger charge is 2.18. The molecule has 4 aromatic rings. The van der Waals surface area contributed by atoms with E-state index >= 15 is 0 Å². The lowest BCUT2D eigenvalue weighted by Crippen LogP contribution is -2.19. The maximum Gasteiger partial charge on any atom is 0.264 e. The minimum Gasteiger partial charge on any atom is -0.419 e. The largest absolute Gasteiger partial charge is 0.419 e. The van der Waals surface area contributed by atoms with Crippen LogP contribution in [0.4, 0.5) is 5.69 Å². The molecule has 29 heavy (non-hydrogen) atoms. The van der Waals surface area contributed by atoms with Gasteiger partial charge in [0.1, 0.15) is 12.2 Å². The number of aryl methyl sites for hydroxylation is 1. The van der Waals surface area contributed by atoms with Crippen LogP contribution in [0.1, 0.15) is 25.3 Å². The van der Waals surface area contributed by atoms with Crippen LogP contribution in [0, 0.1) is 12.8 Å². The first kappa shape index (κ1) is 18.9. The number of aromatic nitrogens is 3. The van der Waals surface area contributed by atoms with E-state index in [1.165, 1.54) is 0 Å². The Kier molecular flexibility index (Phi) is 5.16. The summed E-state index contributed by atoms with van der Waals surface area (Å²) in [5.41, 5.74) is 3.61. The standard InChI is InChI=1S/C23H24N4O2/c1-15(2)12-22-25-26-23(29-22)20-13-17-6-4-5-7-19(17)27(20)14-21(28)24-18-10-8-16(3)9-11-18/h4-11,13,15H,12,14H2,1-3H3,(H,24,28). The third-order valence-electron chi connectivity index (χ3n) is 4.72. The van der Waals surface area contributed by atoms with E-state index in [-0.39, 0.29) is 12.5 Å². The van der Waals surface area contributed by atoms with Gasteiger partial charge in [0.15, 0.2) is 0 Å². The summed E-state index contributed by atoms with van der Waals surface area (Å²) < 4.78 is 7.81. The topological polar surface area (TPSA) is 73.0 Å². The van der Waals surface area contributed by atoms with Gasteiger partial charge in [0, 0.05) is 23.0 Å². The quantitative estimate of drug-likeness (QED) is 0.513. The second-order valence-electron chi connectivity index (χ2n) is 7.69. The van der Waals surface area contributed by atoms with Gasteiger partial charge in [-0.3, -0.25) is 4.79 Å². The van der Waals surface area contributed by atoms with Crippen molar-refractivity contribution in [3.63, 3.8) is 0 Å². The fraction of sp³-hybridized carbons (Fsp3) is 0.261. The molecule has 0 saturated carbocycles. The lowest BCUT2D eigenvalue weighted by Gasteiger charge is -2.10. The van der Waals surface area contributed by atoms with E-state index < -0.39 is 0 Å². The molecule has 0 aliphatic rings. The fourth-order valence-electron chi connectivity index (χ4n) is 3.33. The second-order valence-corrected chi connectivity index (χ2v) is 7.69. The van der Waals surface area contributed by atoms with Crippen LogP contribution < -0.4 is 5.32 Å². The zero-order valence-electron chi connectivity index (χ0n) is 16.8. The number of anilines is 1. The minimum atomic E-state index is -0.113. The van der Waals surface area contributed by atoms with E-state index in [0.717, 1.165) is 34.3 Å². The predicted octanol–water partition coefficient (Wildman–Crippen LogP) is 4.84. The molecule has 148 valence electrons. The Hall–Kier alpha value is -3.41. The van der Waals surface area contributed by atoms with E-state index in [2.05, 4.69) is 29.4 Å². The zero-order chi connectivity index (χ0) is 20.4. The first-order valence-electron chi connectivity index (χ1n) is 9.77. The molecule has 0 aliphatic heterocycles. The molecule has 1 N–H and O–H groups in total. The molecule has 2 heterocycles. The van der Waals surface area contributed by atoms with Gasteiger partial charge in [-0.25, -0.2) is 0 Å². The monoisotopic (exact) mass is 388 g/mol. The number of carbonyl (C=O) groups excluding carboxylic acids is 1. The zero-order valence-corrected chi connectivity index (χ0v) is 16.8. The molecule has 4 rings (SSSR count). The highest BCUT2D eigenvalue weighted by atomic mass is 16.4. The van der Waals surface area contributed by atoms with E-state index in [1.807, 2.05) is 66.1 Å². The van der Waals surface area contributed by atoms with Crippen molar-refractivity contribution in [2.24, 2.45) is 5.92 Å². The van der Waals surface area contributed by atoms with Crippen LogP contribution in [0.2, 0.25) is 0 Å². The molecular formula is C23H24N4O2. The summed E-state index contributed by atoms with van der Waals surface area (Å²) in [5, 5.41) is 12.4. The van der Waals surface area contributed by atoms with Crippen LogP contribution in [-0.4, -0.2) is 20.7 Å². The van der Waals surface area contributed by atoms with Crippen LogP contribution in [0.3, 0.4) is 0 Å². The van der Waals surface area contributed by atoms with Crippen molar-refractivity contribution < 1.29 is 9.21 Å². The van der Waals surface area contributed by atoms with Crippen molar-refractivity contribution in [2.75, 3.05) is 5.32 Å². The van der Waals surface area contributed by atoms with Crippen LogP contribution >= 0.6 is 0 Å². The SMILES string of the molecule is Cc1ccc(NC(=O)Cn2c(-c3nnc(CC(C)C)o3)cc3ccccc32)cc1. The van der Waals surface area contributed by atoms with Gasteiger partial charge in [0.25, 0.3) is 5.89 Å². The van der Waals surface area contributed by atoms with E-state index in [4.69, 9.17) is 4.42 Å². The summed E-state index contributed by atoms with van der Waals surface area (Å²) in [5.74, 6) is 1.35. The number of rotatable bonds is 6. The lowest BCUT2D eigenvalue weighted by atomic mass is 10.1. The number of nitrogens with zero attached hydrogens (tertiary/aromatic N) is 3. The smallest absolute Gasteiger partial charge is 0.264 e. The summed E-state index contributed by atoms with van der Waals surface area (Å²) in [6, 6.07) is 17.7. The highest BCUT2D eigenvalue weighted by Crippen LogP contribution is 2.28. The molecule has 0 bridgehead atoms. The van der Waals surface area contributed by atoms with Gasteiger partial charge in [-0.2, -0.15) is 0 Å². The maximum atomic E-state index is 12.7. The fourth-order valence-corrected chi connectivity index (χ4v) is 3.33. The summed E-state index contributed by atoms with van der Waals surface area (Å²) in [6.45, 7) is 6.38. The van der Waals surface area contributed by atoms with Gasteiger partial charge in [0.05, 0.1) is 0 Å². The van der Waals surface area contributed by atoms with Gasteiger partial charge in [-0.1, -0.05) is 49.7 Å². The third-order valence-corrected chi connectivity index (χ3v) is 4.72. The molecule has 1 amide bonds. The second kappa shape index (κ2) is 7.91. The normalized spacial score (nSPS) is 11.3. The van der Waals surface area contributed by atoms with Crippen LogP contribution in [0.15, 0.2) is 59.0 Å². The average Bonchev–Trinajstić information content (AvgIpc) is 3.28. The van der Waals surface area contributed by atoms with Crippen molar-refractivity contribution >= 4 is 22.5 Å². The Labute approximate surface area is 169 Å². The van der Waals surface area contributed by atoms with Crippen molar-refractivity contribution in [1.29, 1.82) is 0 Å². The molecule has 0 atom stereocenters. The number of carbonyl (C=O) groups is 1. The molecule has 0 radical (unpaired) electrons. The van der Waals surface area contributed by atoms with E-state index in [0.29, 0.717) is 17.7 Å². The summed E-state index contributed by atoms with van der Waals surface area (Å²) in [6.07, 6.45) is 0.723. The molecular weight excluding hydrogens is 364 g/mol. The lowest BCUT2D eigenvalue weighted by molar-refractivity contribution is -0.116. The highest BCUT2D eigenvalue weighted by molar-refractivity contribution is 5.93. The number of benzene rings is 2. The maximum absolute atomic E-state index is 12.7. The van der Waals surface area contributed by atoms with Gasteiger partial charge < -0.3 is 14.3 Å². The first-order chi connectivity index (χ1) is 14.0. The third kappa shape index (κ3) is 4.21. The number of nitrogens with one attached hydrogen (secondary N) is 1. The molecule has 0 fully saturated rings. The average molecular weight is 388 g/mol. The summed E-state index contributed by atoms with van der Waals surface area (Å²) in [4.78, 5) is 12.7. The molecule has 0 saturated heterocycles. The van der Waals surface area contributed by atoms with Crippen molar-refractivity contribution in [3.8, 4) is 11.6 Å². The Bertz CT molecular complexity index is 1140. The molecule has 2 aromatic heterocycles. The number of fused-ring (bicyclic) bond motifs is 1. The van der Waals surface area contributed by atoms with Crippen LogP contribution in [0.25, 0.3) is 22.5 Å². The molecule has 2 aromatic carbocycles. The number of hydrogen-bond acceptors (Lipinski definition) is 4. The molecule has 6 nitrogen and oxygen atoms in total. The van der Waals surface area contributed by atoms with Gasteiger partial charge in [-0.05, 0) is 37.1 Å². The van der Waals surface area contributed by atoms with E-state index in [9.17, 15) is 4.79 Å². The van der Waals surface area contributed by atoms with Crippen molar-refractivity contribution in [1.82, 2.24) is 14.8 Å². The Morgan fingerprint density at radius 2 is 1.86 bits per heavy atom. The van der Waals surface area contributed by atoms with Gasteiger partial charge >= 0.3 is 0 Å². The molecule has 0 spiro atoms. The first-order valence-corrected chi connectivity index (χ1v) is 9.77. The summed E-state index contributed by atoms with van der Waals surface area (Å²) in [7, 11) is 0. The predicted molar refractivity (Wildman–Crippen MR) is 114 cm³/mol. The van der Waals surface area contributed by atoms with Crippen molar-refractivity contribution in [3.05, 3.63) is 66.1 Å². The Morgan fingerprint density at radius 3 is 2.62 bits per heavy atom. The molecule has 6 heteroatoms. The summed E-state index contributed by atoms with van der Waals surface area (Å²) >= 11 is 0. The van der Waals surface area contributed by atoms with Crippen LogP contribution in [0.5, 0.6) is 0 Å². The Balaban J connectivity index is 1.65. The van der Waals surface area contributed by atoms with Crippen molar-refractivity contribution in [2.45, 2.75) is 33.7 Å². The Morgan fingerprint density at radius 1 is 1.10 bits per heavy atom. The number of para-hydroxylation sites is 1. The van der Waals surface area contributed by atoms with Crippen LogP contribution in [-0.2, 0) is 17.8 Å². The van der Waals surface area contributed by atoms with Gasteiger partial charge in [-0.15, -0.1) is 10.2 Å². The minimum absolute atomic E-state index is 0.113. The van der Waals surface area contributed by atoms with Gasteiger partial charge in [0.2, 0.25) is 11.8 Å². The molecule has 0 aliphatic carbocycles. The number of amides is 1. The number of hydrogen-bond donors (Lipinski definition) is 1. The van der Waals surface area contributed by atoms with E-state index in [1.54, 1.807) is 0 Å².